The van der Waals surface area contributed by atoms with E-state index in [1.54, 1.807) is 0 Å². The molecule has 2 heteroatoms. The number of aryl methyl sites for hydroxylation is 3. The molecule has 0 spiro atoms. The van der Waals surface area contributed by atoms with Gasteiger partial charge in [-0.3, -0.25) is 0 Å². The minimum absolute atomic E-state index is 0.0656. The van der Waals surface area contributed by atoms with Gasteiger partial charge in [-0.15, -0.1) is 0 Å². The lowest BCUT2D eigenvalue weighted by atomic mass is 9.94. The normalized spacial score (nSPS) is 15.1. The molecule has 17 heavy (non-hydrogen) atoms. The molecule has 0 saturated carbocycles. The molecule has 0 radical (unpaired) electrons. The molecule has 0 aliphatic rings. The summed E-state index contributed by atoms with van der Waals surface area (Å²) >= 11 is 0. The maximum Gasteiger partial charge on any atom is 0.0942 e. The molecule has 96 valence electrons. The van der Waals surface area contributed by atoms with Gasteiger partial charge in [0, 0.05) is 12.1 Å². The SMILES string of the molecule is Cc1cc(C)c(C(O)C(C)NC(C)C)cc1C. The molecule has 0 fully saturated rings. The topological polar surface area (TPSA) is 32.3 Å². The zero-order valence-electron chi connectivity index (χ0n) is 11.8. The molecule has 2 atom stereocenters. The van der Waals surface area contributed by atoms with E-state index in [1.165, 1.54) is 11.1 Å². The van der Waals surface area contributed by atoms with Gasteiger partial charge in [-0.2, -0.15) is 0 Å². The third-order valence-electron chi connectivity index (χ3n) is 3.27. The van der Waals surface area contributed by atoms with E-state index in [4.69, 9.17) is 0 Å². The minimum Gasteiger partial charge on any atom is -0.387 e. The van der Waals surface area contributed by atoms with Crippen molar-refractivity contribution in [2.75, 3.05) is 0 Å². The molecule has 2 unspecified atom stereocenters. The number of hydrogen-bond acceptors (Lipinski definition) is 2. The number of hydrogen-bond donors (Lipinski definition) is 2. The first kappa shape index (κ1) is 14.2. The van der Waals surface area contributed by atoms with Crippen molar-refractivity contribution in [3.05, 3.63) is 34.4 Å². The van der Waals surface area contributed by atoms with Crippen LogP contribution in [0.1, 0.15) is 49.1 Å². The molecule has 0 bridgehead atoms. The van der Waals surface area contributed by atoms with Crippen LogP contribution in [0.2, 0.25) is 0 Å². The Morgan fingerprint density at radius 2 is 1.47 bits per heavy atom. The molecule has 1 aromatic carbocycles. The summed E-state index contributed by atoms with van der Waals surface area (Å²) in [6.07, 6.45) is -0.448. The van der Waals surface area contributed by atoms with Crippen molar-refractivity contribution in [1.29, 1.82) is 0 Å². The van der Waals surface area contributed by atoms with Crippen LogP contribution in [0, 0.1) is 20.8 Å². The van der Waals surface area contributed by atoms with Crippen molar-refractivity contribution in [1.82, 2.24) is 5.32 Å². The van der Waals surface area contributed by atoms with Crippen molar-refractivity contribution < 1.29 is 5.11 Å². The lowest BCUT2D eigenvalue weighted by Crippen LogP contribution is -2.37. The molecule has 0 aliphatic carbocycles. The lowest BCUT2D eigenvalue weighted by molar-refractivity contribution is 0.131. The fourth-order valence-electron chi connectivity index (χ4n) is 2.19. The Morgan fingerprint density at radius 3 is 2.00 bits per heavy atom. The highest BCUT2D eigenvalue weighted by atomic mass is 16.3. The third kappa shape index (κ3) is 3.55. The van der Waals surface area contributed by atoms with Gasteiger partial charge < -0.3 is 10.4 Å². The van der Waals surface area contributed by atoms with Crippen LogP contribution in [-0.4, -0.2) is 17.2 Å². The third-order valence-corrected chi connectivity index (χ3v) is 3.27. The first-order valence-electron chi connectivity index (χ1n) is 6.34. The summed E-state index contributed by atoms with van der Waals surface area (Å²) in [7, 11) is 0. The first-order valence-corrected chi connectivity index (χ1v) is 6.34. The molecule has 0 saturated heterocycles. The van der Waals surface area contributed by atoms with E-state index in [9.17, 15) is 5.11 Å². The Balaban J connectivity index is 2.95. The second kappa shape index (κ2) is 5.65. The van der Waals surface area contributed by atoms with E-state index in [1.807, 2.05) is 6.92 Å². The smallest absolute Gasteiger partial charge is 0.0942 e. The lowest BCUT2D eigenvalue weighted by Gasteiger charge is -2.24. The fourth-order valence-corrected chi connectivity index (χ4v) is 2.19. The molecular formula is C15H25NO. The van der Waals surface area contributed by atoms with E-state index >= 15 is 0 Å². The monoisotopic (exact) mass is 235 g/mol. The molecule has 0 aliphatic heterocycles. The summed E-state index contributed by atoms with van der Waals surface area (Å²) in [5, 5.41) is 13.7. The largest absolute Gasteiger partial charge is 0.387 e. The van der Waals surface area contributed by atoms with Crippen LogP contribution >= 0.6 is 0 Å². The van der Waals surface area contributed by atoms with Gasteiger partial charge in [-0.25, -0.2) is 0 Å². The number of aliphatic hydroxyl groups is 1. The zero-order valence-corrected chi connectivity index (χ0v) is 11.8. The van der Waals surface area contributed by atoms with Gasteiger partial charge in [0.2, 0.25) is 0 Å². The summed E-state index contributed by atoms with van der Waals surface area (Å²) in [5.41, 5.74) is 4.72. The van der Waals surface area contributed by atoms with Crippen molar-refractivity contribution >= 4 is 0 Å². The highest BCUT2D eigenvalue weighted by Crippen LogP contribution is 2.24. The second-order valence-electron chi connectivity index (χ2n) is 5.35. The maximum absolute atomic E-state index is 10.4. The number of aliphatic hydroxyl groups excluding tert-OH is 1. The van der Waals surface area contributed by atoms with Crippen molar-refractivity contribution in [2.24, 2.45) is 0 Å². The summed E-state index contributed by atoms with van der Waals surface area (Å²) < 4.78 is 0. The van der Waals surface area contributed by atoms with Crippen LogP contribution in [-0.2, 0) is 0 Å². The number of benzene rings is 1. The highest BCUT2D eigenvalue weighted by Gasteiger charge is 2.19. The van der Waals surface area contributed by atoms with Crippen molar-refractivity contribution in [3.8, 4) is 0 Å². The quantitative estimate of drug-likeness (QED) is 0.840. The standard InChI is InChI=1S/C15H25NO/c1-9(2)16-13(6)15(17)14-8-11(4)10(3)7-12(14)5/h7-9,13,15-17H,1-6H3. The van der Waals surface area contributed by atoms with E-state index in [2.05, 4.69) is 52.1 Å². The Kier molecular flexibility index (Phi) is 4.72. The van der Waals surface area contributed by atoms with Crippen LogP contribution in [0.5, 0.6) is 0 Å². The maximum atomic E-state index is 10.4. The summed E-state index contributed by atoms with van der Waals surface area (Å²) in [4.78, 5) is 0. The molecule has 0 amide bonds. The van der Waals surface area contributed by atoms with Gasteiger partial charge in [-0.1, -0.05) is 26.0 Å². The first-order chi connectivity index (χ1) is 7.82. The van der Waals surface area contributed by atoms with Crippen molar-refractivity contribution in [3.63, 3.8) is 0 Å². The molecule has 0 aromatic heterocycles. The minimum atomic E-state index is -0.448. The van der Waals surface area contributed by atoms with E-state index in [0.29, 0.717) is 6.04 Å². The van der Waals surface area contributed by atoms with Crippen LogP contribution in [0.4, 0.5) is 0 Å². The molecule has 2 nitrogen and oxygen atoms in total. The highest BCUT2D eigenvalue weighted by molar-refractivity contribution is 5.38. The predicted molar refractivity (Wildman–Crippen MR) is 73.3 cm³/mol. The van der Waals surface area contributed by atoms with Crippen LogP contribution in [0.25, 0.3) is 0 Å². The van der Waals surface area contributed by atoms with E-state index in [-0.39, 0.29) is 6.04 Å². The molecular weight excluding hydrogens is 210 g/mol. The van der Waals surface area contributed by atoms with Gasteiger partial charge in [0.15, 0.2) is 0 Å². The van der Waals surface area contributed by atoms with E-state index < -0.39 is 6.10 Å². The van der Waals surface area contributed by atoms with Gasteiger partial charge in [0.05, 0.1) is 6.10 Å². The fraction of sp³-hybridized carbons (Fsp3) is 0.600. The Morgan fingerprint density at radius 1 is 0.941 bits per heavy atom. The van der Waals surface area contributed by atoms with Crippen LogP contribution in [0.3, 0.4) is 0 Å². The number of rotatable bonds is 4. The molecule has 2 N–H and O–H groups in total. The summed E-state index contributed by atoms with van der Waals surface area (Å²) in [6, 6.07) is 4.70. The van der Waals surface area contributed by atoms with Gasteiger partial charge >= 0.3 is 0 Å². The number of nitrogens with one attached hydrogen (secondary N) is 1. The average Bonchev–Trinajstić information content (AvgIpc) is 2.21. The zero-order chi connectivity index (χ0) is 13.2. The second-order valence-corrected chi connectivity index (χ2v) is 5.35. The summed E-state index contributed by atoms with van der Waals surface area (Å²) in [6.45, 7) is 12.5. The Hall–Kier alpha value is -0.860. The van der Waals surface area contributed by atoms with Gasteiger partial charge in [0.1, 0.15) is 0 Å². The molecule has 0 heterocycles. The Bertz CT molecular complexity index is 385. The molecule has 1 aromatic rings. The van der Waals surface area contributed by atoms with E-state index in [0.717, 1.165) is 11.1 Å². The van der Waals surface area contributed by atoms with Crippen LogP contribution < -0.4 is 5.32 Å². The molecule has 1 rings (SSSR count). The van der Waals surface area contributed by atoms with Gasteiger partial charge in [-0.05, 0) is 49.9 Å². The van der Waals surface area contributed by atoms with Crippen molar-refractivity contribution in [2.45, 2.75) is 59.7 Å². The average molecular weight is 235 g/mol. The van der Waals surface area contributed by atoms with Gasteiger partial charge in [0.25, 0.3) is 0 Å². The summed E-state index contributed by atoms with van der Waals surface area (Å²) in [5.74, 6) is 0. The predicted octanol–water partition coefficient (Wildman–Crippen LogP) is 3.03. The Labute approximate surface area is 105 Å². The van der Waals surface area contributed by atoms with Crippen LogP contribution in [0.15, 0.2) is 12.1 Å².